The van der Waals surface area contributed by atoms with Crippen LogP contribution in [0, 0.1) is 6.92 Å². The number of aryl methyl sites for hydroxylation is 1. The van der Waals surface area contributed by atoms with Gasteiger partial charge < -0.3 is 11.1 Å². The predicted octanol–water partition coefficient (Wildman–Crippen LogP) is 3.47. The molecule has 106 valence electrons. The Morgan fingerprint density at radius 1 is 1.45 bits per heavy atom. The Balaban J connectivity index is 1.98. The second-order valence-electron chi connectivity index (χ2n) is 3.80. The second kappa shape index (κ2) is 6.62. The maximum atomic E-state index is 11.9. The molecule has 0 aliphatic heterocycles. The summed E-state index contributed by atoms with van der Waals surface area (Å²) < 4.78 is 4.78. The lowest BCUT2D eigenvalue weighted by molar-refractivity contribution is -0.113. The van der Waals surface area contributed by atoms with Crippen molar-refractivity contribution in [1.82, 2.24) is 9.36 Å². The molecule has 0 bridgehead atoms. The molecule has 0 aliphatic rings. The van der Waals surface area contributed by atoms with Gasteiger partial charge in [-0.25, -0.2) is 4.98 Å². The van der Waals surface area contributed by atoms with Gasteiger partial charge in [0.15, 0.2) is 4.34 Å². The zero-order chi connectivity index (χ0) is 14.7. The normalized spacial score (nSPS) is 10.6. The van der Waals surface area contributed by atoms with E-state index in [0.29, 0.717) is 27.2 Å². The lowest BCUT2D eigenvalue weighted by Gasteiger charge is -2.09. The van der Waals surface area contributed by atoms with E-state index in [2.05, 4.69) is 14.7 Å². The first-order valence-electron chi connectivity index (χ1n) is 5.43. The summed E-state index contributed by atoms with van der Waals surface area (Å²) in [7, 11) is 0. The molecule has 0 aliphatic carbocycles. The van der Waals surface area contributed by atoms with Crippen molar-refractivity contribution in [1.29, 1.82) is 0 Å². The minimum Gasteiger partial charge on any atom is -0.399 e. The van der Waals surface area contributed by atoms with E-state index in [4.69, 9.17) is 28.9 Å². The molecule has 3 N–H and O–H groups in total. The predicted molar refractivity (Wildman–Crippen MR) is 84.9 cm³/mol. The number of thioether (sulfide) groups is 1. The summed E-state index contributed by atoms with van der Waals surface area (Å²) in [6.45, 7) is 1.80. The van der Waals surface area contributed by atoms with Crippen molar-refractivity contribution in [3.05, 3.63) is 28.0 Å². The number of nitrogens with two attached hydrogens (primary N) is 1. The molecule has 0 saturated carbocycles. The Morgan fingerprint density at radius 3 is 2.65 bits per heavy atom. The van der Waals surface area contributed by atoms with Crippen molar-refractivity contribution in [3.8, 4) is 0 Å². The molecular formula is C11H10Cl2N4OS2. The number of carbonyl (C=O) groups is 1. The first-order valence-corrected chi connectivity index (χ1v) is 7.94. The van der Waals surface area contributed by atoms with Crippen molar-refractivity contribution >= 4 is 63.8 Å². The number of aromatic nitrogens is 2. The molecule has 0 radical (unpaired) electrons. The van der Waals surface area contributed by atoms with E-state index in [0.717, 1.165) is 4.34 Å². The number of benzene rings is 1. The molecule has 0 unspecified atom stereocenters. The van der Waals surface area contributed by atoms with Crippen LogP contribution in [-0.2, 0) is 4.79 Å². The summed E-state index contributed by atoms with van der Waals surface area (Å²) in [4.78, 5) is 16.0. The van der Waals surface area contributed by atoms with Gasteiger partial charge in [0.25, 0.3) is 0 Å². The molecular weight excluding hydrogens is 339 g/mol. The minimum atomic E-state index is -0.226. The van der Waals surface area contributed by atoms with Gasteiger partial charge in [0.1, 0.15) is 5.82 Å². The third kappa shape index (κ3) is 3.99. The van der Waals surface area contributed by atoms with E-state index in [-0.39, 0.29) is 11.7 Å². The smallest absolute Gasteiger partial charge is 0.234 e. The van der Waals surface area contributed by atoms with E-state index in [9.17, 15) is 4.79 Å². The van der Waals surface area contributed by atoms with Gasteiger partial charge in [-0.1, -0.05) is 35.0 Å². The Labute approximate surface area is 134 Å². The molecule has 1 amide bonds. The lowest BCUT2D eigenvalue weighted by atomic mass is 10.3. The van der Waals surface area contributed by atoms with Gasteiger partial charge in [-0.2, -0.15) is 4.37 Å². The number of carbonyl (C=O) groups excluding carboxylic acids is 1. The quantitative estimate of drug-likeness (QED) is 0.653. The van der Waals surface area contributed by atoms with Crippen molar-refractivity contribution in [3.63, 3.8) is 0 Å². The molecule has 0 fully saturated rings. The van der Waals surface area contributed by atoms with E-state index in [1.165, 1.54) is 35.4 Å². The maximum Gasteiger partial charge on any atom is 0.234 e. The highest BCUT2D eigenvalue weighted by Crippen LogP contribution is 2.33. The minimum absolute atomic E-state index is 0.200. The molecule has 0 atom stereocenters. The van der Waals surface area contributed by atoms with Crippen LogP contribution in [0.2, 0.25) is 10.0 Å². The van der Waals surface area contributed by atoms with Gasteiger partial charge in [-0.05, 0) is 30.6 Å². The molecule has 9 heteroatoms. The number of nitrogens with zero attached hydrogens (tertiary/aromatic N) is 2. The largest absolute Gasteiger partial charge is 0.399 e. The van der Waals surface area contributed by atoms with Gasteiger partial charge >= 0.3 is 0 Å². The zero-order valence-corrected chi connectivity index (χ0v) is 13.5. The van der Waals surface area contributed by atoms with Crippen molar-refractivity contribution in [2.45, 2.75) is 11.3 Å². The maximum absolute atomic E-state index is 11.9. The number of rotatable bonds is 4. The average Bonchev–Trinajstić information content (AvgIpc) is 2.77. The average molecular weight is 349 g/mol. The number of amides is 1. The van der Waals surface area contributed by atoms with Crippen LogP contribution in [0.3, 0.4) is 0 Å². The molecule has 1 aromatic carbocycles. The Morgan fingerprint density at radius 2 is 2.10 bits per heavy atom. The monoisotopic (exact) mass is 348 g/mol. The van der Waals surface area contributed by atoms with Crippen LogP contribution in [0.15, 0.2) is 16.5 Å². The molecule has 1 aromatic heterocycles. The van der Waals surface area contributed by atoms with Crippen molar-refractivity contribution < 1.29 is 4.79 Å². The molecule has 2 aromatic rings. The van der Waals surface area contributed by atoms with Crippen LogP contribution in [0.5, 0.6) is 0 Å². The van der Waals surface area contributed by atoms with Crippen LogP contribution in [-0.4, -0.2) is 21.0 Å². The lowest BCUT2D eigenvalue weighted by Crippen LogP contribution is -2.14. The standard InChI is InChI=1S/C11H10Cl2N4OS2/c1-5-15-11(20-17-5)19-4-9(18)16-10-7(12)2-6(14)3-8(10)13/h2-3H,4,14H2,1H3,(H,16,18). The van der Waals surface area contributed by atoms with Gasteiger partial charge in [-0.3, -0.25) is 4.79 Å². The number of nitrogen functional groups attached to an aromatic ring is 1. The molecule has 2 rings (SSSR count). The highest BCUT2D eigenvalue weighted by atomic mass is 35.5. The molecule has 0 spiro atoms. The van der Waals surface area contributed by atoms with Crippen LogP contribution in [0.25, 0.3) is 0 Å². The first-order chi connectivity index (χ1) is 9.45. The fraction of sp³-hybridized carbons (Fsp3) is 0.182. The summed E-state index contributed by atoms with van der Waals surface area (Å²) in [6, 6.07) is 3.06. The van der Waals surface area contributed by atoms with E-state index < -0.39 is 0 Å². The molecule has 5 nitrogen and oxygen atoms in total. The number of nitrogens with one attached hydrogen (secondary N) is 1. The summed E-state index contributed by atoms with van der Waals surface area (Å²) >= 11 is 14.6. The van der Waals surface area contributed by atoms with Gasteiger partial charge in [0.2, 0.25) is 5.91 Å². The third-order valence-corrected chi connectivity index (χ3v) is 4.69. The summed E-state index contributed by atoms with van der Waals surface area (Å²) in [5.41, 5.74) is 6.40. The SMILES string of the molecule is Cc1nsc(SCC(=O)Nc2c(Cl)cc(N)cc2Cl)n1. The Bertz CT molecular complexity index is 624. The Kier molecular flexibility index (Phi) is 5.09. The highest BCUT2D eigenvalue weighted by molar-refractivity contribution is 8.01. The Hall–Kier alpha value is -1.02. The van der Waals surface area contributed by atoms with Crippen molar-refractivity contribution in [2.75, 3.05) is 16.8 Å². The number of halogens is 2. The highest BCUT2D eigenvalue weighted by Gasteiger charge is 2.12. The topological polar surface area (TPSA) is 80.9 Å². The fourth-order valence-electron chi connectivity index (χ4n) is 1.35. The molecule has 1 heterocycles. The van der Waals surface area contributed by atoms with E-state index >= 15 is 0 Å². The van der Waals surface area contributed by atoms with Crippen LogP contribution in [0.1, 0.15) is 5.82 Å². The summed E-state index contributed by atoms with van der Waals surface area (Å²) in [5.74, 6) is 0.671. The van der Waals surface area contributed by atoms with Crippen LogP contribution < -0.4 is 11.1 Å². The first kappa shape index (κ1) is 15.4. The summed E-state index contributed by atoms with van der Waals surface area (Å²) in [5, 5.41) is 3.27. The second-order valence-corrected chi connectivity index (χ2v) is 6.59. The van der Waals surface area contributed by atoms with E-state index in [1.54, 1.807) is 6.92 Å². The van der Waals surface area contributed by atoms with Gasteiger partial charge in [0.05, 0.1) is 21.5 Å². The van der Waals surface area contributed by atoms with Gasteiger partial charge in [-0.15, -0.1) is 0 Å². The molecule has 20 heavy (non-hydrogen) atoms. The number of hydrogen-bond donors (Lipinski definition) is 2. The van der Waals surface area contributed by atoms with E-state index in [1.807, 2.05) is 0 Å². The zero-order valence-electron chi connectivity index (χ0n) is 10.3. The van der Waals surface area contributed by atoms with Gasteiger partial charge in [0, 0.05) is 5.69 Å². The number of hydrogen-bond acceptors (Lipinski definition) is 6. The molecule has 0 saturated heterocycles. The number of anilines is 2. The van der Waals surface area contributed by atoms with Crippen LogP contribution in [0.4, 0.5) is 11.4 Å². The van der Waals surface area contributed by atoms with Crippen LogP contribution >= 0.6 is 46.5 Å². The fourth-order valence-corrected chi connectivity index (χ4v) is 3.40. The third-order valence-electron chi connectivity index (χ3n) is 2.16. The summed E-state index contributed by atoms with van der Waals surface area (Å²) in [6.07, 6.45) is 0. The van der Waals surface area contributed by atoms with Crippen molar-refractivity contribution in [2.24, 2.45) is 0 Å².